The molecule has 0 saturated carbocycles. The highest BCUT2D eigenvalue weighted by Crippen LogP contribution is 2.38. The van der Waals surface area contributed by atoms with E-state index in [-0.39, 0.29) is 5.82 Å². The van der Waals surface area contributed by atoms with E-state index in [1.165, 1.54) is 6.07 Å². The molecular formula is C9H14N3O9P. The fourth-order valence-corrected chi connectivity index (χ4v) is 2.28. The number of phosphoric acid groups is 1. The number of anilines is 1. The van der Waals surface area contributed by atoms with Crippen molar-refractivity contribution in [2.24, 2.45) is 0 Å². The maximum Gasteiger partial charge on any atom is 0.469 e. The van der Waals surface area contributed by atoms with Crippen LogP contribution in [0.1, 0.15) is 6.23 Å². The summed E-state index contributed by atoms with van der Waals surface area (Å²) >= 11 is 0. The van der Waals surface area contributed by atoms with Crippen molar-refractivity contribution in [1.82, 2.24) is 9.55 Å². The summed E-state index contributed by atoms with van der Waals surface area (Å²) in [5, 5.41) is 28.3. The molecule has 2 rings (SSSR count). The van der Waals surface area contributed by atoms with E-state index in [2.05, 4.69) is 9.51 Å². The normalized spacial score (nSPS) is 28.8. The molecule has 13 heteroatoms. The number of rotatable bonds is 5. The summed E-state index contributed by atoms with van der Waals surface area (Å²) in [4.78, 5) is 32.4. The van der Waals surface area contributed by atoms with Gasteiger partial charge in [0.15, 0.2) is 12.0 Å². The van der Waals surface area contributed by atoms with Crippen LogP contribution >= 0.6 is 7.82 Å². The van der Waals surface area contributed by atoms with Gasteiger partial charge in [0.1, 0.15) is 18.3 Å². The standard InChI is InChI=1S/C9H14N3O9P/c13-6-4(3-20-22(17,18)19)21-8(7(6)14)12-2-1-5(11-16)10-9(12)15/h1-2,4,6-8,13-14,16H,3H2,(H,10,11,15)(H2,17,18,19)/t4-,6-,7-,8-/m1/s1. The minimum absolute atomic E-state index is 0.129. The van der Waals surface area contributed by atoms with Gasteiger partial charge in [0.2, 0.25) is 0 Å². The molecule has 0 radical (unpaired) electrons. The Bertz CT molecular complexity index is 631. The fraction of sp³-hybridized carbons (Fsp3) is 0.556. The number of hydrogen-bond acceptors (Lipinski definition) is 9. The predicted octanol–water partition coefficient (Wildman–Crippen LogP) is -2.23. The molecule has 0 aromatic carbocycles. The number of ether oxygens (including phenoxy) is 1. The van der Waals surface area contributed by atoms with E-state index in [4.69, 9.17) is 19.7 Å². The molecule has 2 heterocycles. The summed E-state index contributed by atoms with van der Waals surface area (Å²) in [5.74, 6) is -0.129. The van der Waals surface area contributed by atoms with Crippen molar-refractivity contribution in [2.45, 2.75) is 24.5 Å². The van der Waals surface area contributed by atoms with E-state index in [1.54, 1.807) is 5.48 Å². The van der Waals surface area contributed by atoms with Crippen molar-refractivity contribution in [3.8, 4) is 0 Å². The number of hydrogen-bond donors (Lipinski definition) is 6. The average molecular weight is 339 g/mol. The molecule has 1 saturated heterocycles. The lowest BCUT2D eigenvalue weighted by molar-refractivity contribution is -0.0542. The molecule has 0 amide bonds. The van der Waals surface area contributed by atoms with Gasteiger partial charge in [-0.1, -0.05) is 0 Å². The molecule has 6 N–H and O–H groups in total. The zero-order valence-corrected chi connectivity index (χ0v) is 11.8. The number of aromatic nitrogens is 2. The minimum Gasteiger partial charge on any atom is -0.387 e. The topological polar surface area (TPSA) is 184 Å². The molecule has 1 aromatic heterocycles. The maximum atomic E-state index is 11.7. The van der Waals surface area contributed by atoms with E-state index in [1.807, 2.05) is 0 Å². The van der Waals surface area contributed by atoms with Gasteiger partial charge in [-0.15, -0.1) is 0 Å². The van der Waals surface area contributed by atoms with Crippen LogP contribution < -0.4 is 11.2 Å². The van der Waals surface area contributed by atoms with Crippen LogP contribution in [0.5, 0.6) is 0 Å². The third-order valence-electron chi connectivity index (χ3n) is 2.96. The predicted molar refractivity (Wildman–Crippen MR) is 67.8 cm³/mol. The first-order chi connectivity index (χ1) is 10.2. The lowest BCUT2D eigenvalue weighted by Crippen LogP contribution is -2.36. The van der Waals surface area contributed by atoms with Crippen LogP contribution in [0.3, 0.4) is 0 Å². The van der Waals surface area contributed by atoms with Gasteiger partial charge in [-0.2, -0.15) is 4.98 Å². The third-order valence-corrected chi connectivity index (χ3v) is 3.45. The summed E-state index contributed by atoms with van der Waals surface area (Å²) in [6, 6.07) is 1.21. The molecule has 1 fully saturated rings. The Hall–Kier alpha value is -1.37. The summed E-state index contributed by atoms with van der Waals surface area (Å²) in [7, 11) is -4.77. The van der Waals surface area contributed by atoms with E-state index >= 15 is 0 Å². The molecule has 12 nitrogen and oxygen atoms in total. The van der Waals surface area contributed by atoms with E-state index in [0.29, 0.717) is 0 Å². The van der Waals surface area contributed by atoms with Gasteiger partial charge in [-0.25, -0.2) is 9.36 Å². The summed E-state index contributed by atoms with van der Waals surface area (Å²) < 4.78 is 20.9. The fourth-order valence-electron chi connectivity index (χ4n) is 1.94. The van der Waals surface area contributed by atoms with E-state index < -0.39 is 44.7 Å². The van der Waals surface area contributed by atoms with Gasteiger partial charge in [0.25, 0.3) is 0 Å². The third kappa shape index (κ3) is 3.69. The van der Waals surface area contributed by atoms with Crippen molar-refractivity contribution in [2.75, 3.05) is 12.1 Å². The van der Waals surface area contributed by atoms with Gasteiger partial charge in [-0.05, 0) is 6.07 Å². The zero-order chi connectivity index (χ0) is 16.5. The molecule has 22 heavy (non-hydrogen) atoms. The van der Waals surface area contributed by atoms with Crippen molar-refractivity contribution in [3.05, 3.63) is 22.7 Å². The second kappa shape index (κ2) is 6.40. The highest BCUT2D eigenvalue weighted by molar-refractivity contribution is 7.46. The Labute approximate surface area is 122 Å². The molecule has 0 bridgehead atoms. The highest BCUT2D eigenvalue weighted by atomic mass is 31.2. The first kappa shape index (κ1) is 17.0. The largest absolute Gasteiger partial charge is 0.469 e. The number of phosphoric ester groups is 1. The summed E-state index contributed by atoms with van der Waals surface area (Å²) in [6.07, 6.45) is -4.50. The average Bonchev–Trinajstić information content (AvgIpc) is 2.72. The molecule has 0 spiro atoms. The lowest BCUT2D eigenvalue weighted by Gasteiger charge is -2.17. The van der Waals surface area contributed by atoms with Gasteiger partial charge in [0, 0.05) is 6.20 Å². The van der Waals surface area contributed by atoms with Crippen molar-refractivity contribution < 1.29 is 39.0 Å². The highest BCUT2D eigenvalue weighted by Gasteiger charge is 2.44. The van der Waals surface area contributed by atoms with Gasteiger partial charge < -0.3 is 24.7 Å². The van der Waals surface area contributed by atoms with Gasteiger partial charge in [0.05, 0.1) is 6.61 Å². The van der Waals surface area contributed by atoms with E-state index in [0.717, 1.165) is 10.8 Å². The lowest BCUT2D eigenvalue weighted by atomic mass is 10.1. The van der Waals surface area contributed by atoms with Crippen molar-refractivity contribution >= 4 is 13.6 Å². The molecule has 1 aliphatic rings. The Morgan fingerprint density at radius 2 is 2.09 bits per heavy atom. The van der Waals surface area contributed by atoms with Crippen molar-refractivity contribution in [1.29, 1.82) is 0 Å². The SMILES string of the molecule is O=c1nc(NO)ccn1[C@@H]1O[C@H](COP(=O)(O)O)[C@@H](O)[C@H]1O. The molecule has 1 aliphatic heterocycles. The Balaban J connectivity index is 2.16. The number of nitrogens with one attached hydrogen (secondary N) is 1. The Morgan fingerprint density at radius 1 is 1.41 bits per heavy atom. The van der Waals surface area contributed by atoms with Crippen LogP contribution in [0.2, 0.25) is 0 Å². The van der Waals surface area contributed by atoms with Crippen LogP contribution in [-0.4, -0.2) is 59.7 Å². The first-order valence-corrected chi connectivity index (χ1v) is 7.47. The molecule has 0 unspecified atom stereocenters. The Kier molecular flexibility index (Phi) is 4.94. The Morgan fingerprint density at radius 3 is 2.64 bits per heavy atom. The van der Waals surface area contributed by atoms with Crippen LogP contribution in [0.25, 0.3) is 0 Å². The monoisotopic (exact) mass is 339 g/mol. The molecule has 1 aromatic rings. The van der Waals surface area contributed by atoms with Gasteiger partial charge >= 0.3 is 13.5 Å². The molecular weight excluding hydrogens is 325 g/mol. The number of aliphatic hydroxyl groups excluding tert-OH is 2. The second-order valence-electron chi connectivity index (χ2n) is 4.45. The van der Waals surface area contributed by atoms with E-state index in [9.17, 15) is 19.6 Å². The quantitative estimate of drug-likeness (QED) is 0.252. The number of nitrogens with zero attached hydrogens (tertiary/aromatic N) is 2. The molecule has 124 valence electrons. The van der Waals surface area contributed by atoms with Gasteiger partial charge in [-0.3, -0.25) is 19.8 Å². The second-order valence-corrected chi connectivity index (χ2v) is 5.69. The van der Waals surface area contributed by atoms with Crippen LogP contribution in [0.4, 0.5) is 5.82 Å². The zero-order valence-electron chi connectivity index (χ0n) is 10.9. The summed E-state index contributed by atoms with van der Waals surface area (Å²) in [5.41, 5.74) is 0.785. The smallest absolute Gasteiger partial charge is 0.387 e. The van der Waals surface area contributed by atoms with Crippen molar-refractivity contribution in [3.63, 3.8) is 0 Å². The first-order valence-electron chi connectivity index (χ1n) is 5.94. The van der Waals surface area contributed by atoms with Crippen LogP contribution in [0, 0.1) is 0 Å². The molecule has 0 aliphatic carbocycles. The van der Waals surface area contributed by atoms with Crippen LogP contribution in [-0.2, 0) is 13.8 Å². The molecule has 4 atom stereocenters. The maximum absolute atomic E-state index is 11.7. The minimum atomic E-state index is -4.77. The number of aliphatic hydroxyl groups is 2. The summed E-state index contributed by atoms with van der Waals surface area (Å²) in [6.45, 7) is -0.683. The van der Waals surface area contributed by atoms with Crippen LogP contribution in [0.15, 0.2) is 17.1 Å².